The molecule has 1 aromatic carbocycles. The average Bonchev–Trinajstić information content (AvgIpc) is 3.39. The van der Waals surface area contributed by atoms with Gasteiger partial charge in [0.25, 0.3) is 5.91 Å². The highest BCUT2D eigenvalue weighted by Crippen LogP contribution is 2.39. The van der Waals surface area contributed by atoms with Gasteiger partial charge < -0.3 is 9.73 Å². The Morgan fingerprint density at radius 3 is 2.77 bits per heavy atom. The number of para-hydroxylation sites is 1. The largest absolute Gasteiger partial charge is 0.459 e. The van der Waals surface area contributed by atoms with Crippen LogP contribution in [0.5, 0.6) is 0 Å². The normalized spacial score (nSPS) is 15.2. The predicted molar refractivity (Wildman–Crippen MR) is 103 cm³/mol. The van der Waals surface area contributed by atoms with Crippen LogP contribution in [0, 0.1) is 6.92 Å². The van der Waals surface area contributed by atoms with E-state index in [1.807, 2.05) is 50.4 Å². The van der Waals surface area contributed by atoms with Crippen molar-refractivity contribution in [3.05, 3.63) is 53.2 Å². The molecule has 1 amide bonds. The quantitative estimate of drug-likeness (QED) is 0.526. The lowest BCUT2D eigenvalue weighted by Gasteiger charge is -2.15. The molecule has 1 N–H and O–H groups in total. The number of furan rings is 1. The molecule has 3 aromatic rings. The fraction of sp³-hybridized carbons (Fsp3) is 0.350. The molecule has 134 valence electrons. The summed E-state index contributed by atoms with van der Waals surface area (Å²) in [5.74, 6) is 1.90. The van der Waals surface area contributed by atoms with E-state index in [-0.39, 0.29) is 11.9 Å². The molecule has 0 aliphatic heterocycles. The molecule has 2 heterocycles. The molecule has 6 heteroatoms. The monoisotopic (exact) mass is 367 g/mol. The first-order chi connectivity index (χ1) is 12.6. The first kappa shape index (κ1) is 17.1. The molecule has 2 aromatic heterocycles. The summed E-state index contributed by atoms with van der Waals surface area (Å²) in [7, 11) is 0. The number of hydrogen-bond donors (Lipinski definition) is 1. The van der Waals surface area contributed by atoms with Crippen molar-refractivity contribution in [2.45, 2.75) is 43.7 Å². The predicted octanol–water partition coefficient (Wildman–Crippen LogP) is 4.62. The van der Waals surface area contributed by atoms with Gasteiger partial charge >= 0.3 is 0 Å². The van der Waals surface area contributed by atoms with E-state index in [2.05, 4.69) is 15.3 Å². The Labute approximate surface area is 156 Å². The number of carbonyl (C=O) groups is 1. The van der Waals surface area contributed by atoms with Gasteiger partial charge in [0.15, 0.2) is 0 Å². The van der Waals surface area contributed by atoms with Crippen LogP contribution in [0.1, 0.15) is 59.4 Å². The van der Waals surface area contributed by atoms with Crippen molar-refractivity contribution in [3.8, 4) is 0 Å². The Balaban J connectivity index is 1.59. The zero-order chi connectivity index (χ0) is 18.3. The third kappa shape index (κ3) is 3.21. The van der Waals surface area contributed by atoms with E-state index in [1.54, 1.807) is 0 Å². The maximum atomic E-state index is 12.9. The van der Waals surface area contributed by atoms with Crippen LogP contribution >= 0.6 is 11.8 Å². The lowest BCUT2D eigenvalue weighted by atomic mass is 10.1. The lowest BCUT2D eigenvalue weighted by Crippen LogP contribution is -2.28. The summed E-state index contributed by atoms with van der Waals surface area (Å²) < 4.78 is 5.86. The fourth-order valence-corrected chi connectivity index (χ4v) is 3.69. The highest BCUT2D eigenvalue weighted by atomic mass is 32.2. The van der Waals surface area contributed by atoms with Gasteiger partial charge in [-0.25, -0.2) is 9.97 Å². The highest BCUT2D eigenvalue weighted by molar-refractivity contribution is 7.98. The Morgan fingerprint density at radius 2 is 2.08 bits per heavy atom. The van der Waals surface area contributed by atoms with Crippen LogP contribution in [0.2, 0.25) is 0 Å². The summed E-state index contributed by atoms with van der Waals surface area (Å²) in [5.41, 5.74) is 2.12. The van der Waals surface area contributed by atoms with E-state index in [1.165, 1.54) is 11.8 Å². The van der Waals surface area contributed by atoms with Gasteiger partial charge in [-0.15, -0.1) is 11.8 Å². The van der Waals surface area contributed by atoms with Gasteiger partial charge in [0, 0.05) is 11.3 Å². The smallest absolute Gasteiger partial charge is 0.256 e. The summed E-state index contributed by atoms with van der Waals surface area (Å²) in [6.07, 6.45) is 4.22. The summed E-state index contributed by atoms with van der Waals surface area (Å²) in [6.45, 7) is 3.80. The molecule has 26 heavy (non-hydrogen) atoms. The van der Waals surface area contributed by atoms with Gasteiger partial charge in [0.1, 0.15) is 22.2 Å². The molecule has 1 aliphatic rings. The number of aromatic nitrogens is 2. The number of hydrogen-bond acceptors (Lipinski definition) is 5. The zero-order valence-corrected chi connectivity index (χ0v) is 15.9. The third-order valence-corrected chi connectivity index (χ3v) is 5.34. The van der Waals surface area contributed by atoms with Crippen molar-refractivity contribution in [1.82, 2.24) is 15.3 Å². The number of fused-ring (bicyclic) bond motifs is 1. The molecular weight excluding hydrogens is 346 g/mol. The van der Waals surface area contributed by atoms with Gasteiger partial charge in [0.2, 0.25) is 0 Å². The molecule has 1 aliphatic carbocycles. The van der Waals surface area contributed by atoms with E-state index in [4.69, 9.17) is 4.42 Å². The second-order valence-corrected chi connectivity index (χ2v) is 7.50. The van der Waals surface area contributed by atoms with Crippen molar-refractivity contribution in [2.24, 2.45) is 0 Å². The van der Waals surface area contributed by atoms with Crippen LogP contribution in [0.15, 0.2) is 39.8 Å². The molecular formula is C20H21N3O2S. The summed E-state index contributed by atoms with van der Waals surface area (Å²) in [5, 5.41) is 4.80. The second-order valence-electron chi connectivity index (χ2n) is 6.71. The Bertz CT molecular complexity index is 945. The minimum absolute atomic E-state index is 0.165. The second kappa shape index (κ2) is 6.76. The van der Waals surface area contributed by atoms with Crippen molar-refractivity contribution >= 4 is 28.6 Å². The van der Waals surface area contributed by atoms with E-state index >= 15 is 0 Å². The molecule has 1 fully saturated rings. The van der Waals surface area contributed by atoms with Crippen LogP contribution in [0.3, 0.4) is 0 Å². The van der Waals surface area contributed by atoms with Gasteiger partial charge in [0.05, 0.1) is 17.3 Å². The van der Waals surface area contributed by atoms with E-state index in [0.29, 0.717) is 11.5 Å². The SMILES string of the molecule is CSc1nc(C2CC2)nc(C)c1C(=O)NC(C)c1cc2ccccc2o1. The number of benzene rings is 1. The van der Waals surface area contributed by atoms with Crippen molar-refractivity contribution in [1.29, 1.82) is 0 Å². The van der Waals surface area contributed by atoms with Crippen LogP contribution in [-0.4, -0.2) is 22.1 Å². The summed E-state index contributed by atoms with van der Waals surface area (Å²) in [4.78, 5) is 22.1. The van der Waals surface area contributed by atoms with Crippen molar-refractivity contribution in [3.63, 3.8) is 0 Å². The van der Waals surface area contributed by atoms with E-state index in [9.17, 15) is 4.79 Å². The Morgan fingerprint density at radius 1 is 1.31 bits per heavy atom. The molecule has 1 atom stereocenters. The molecule has 4 rings (SSSR count). The number of amides is 1. The minimum Gasteiger partial charge on any atom is -0.459 e. The summed E-state index contributed by atoms with van der Waals surface area (Å²) in [6, 6.07) is 9.55. The Kier molecular flexibility index (Phi) is 4.44. The van der Waals surface area contributed by atoms with Gasteiger partial charge in [-0.3, -0.25) is 4.79 Å². The molecule has 0 radical (unpaired) electrons. The van der Waals surface area contributed by atoms with Crippen LogP contribution in [-0.2, 0) is 0 Å². The zero-order valence-electron chi connectivity index (χ0n) is 15.1. The molecule has 1 unspecified atom stereocenters. The molecule has 0 spiro atoms. The lowest BCUT2D eigenvalue weighted by molar-refractivity contribution is 0.0930. The number of nitrogens with zero attached hydrogens (tertiary/aromatic N) is 2. The maximum Gasteiger partial charge on any atom is 0.256 e. The van der Waals surface area contributed by atoms with Gasteiger partial charge in [-0.1, -0.05) is 18.2 Å². The highest BCUT2D eigenvalue weighted by Gasteiger charge is 2.29. The van der Waals surface area contributed by atoms with Gasteiger partial charge in [-0.2, -0.15) is 0 Å². The van der Waals surface area contributed by atoms with Crippen LogP contribution < -0.4 is 5.32 Å². The minimum atomic E-state index is -0.243. The first-order valence-corrected chi connectivity index (χ1v) is 10.0. The number of rotatable bonds is 5. The Hall–Kier alpha value is -2.34. The van der Waals surface area contributed by atoms with Crippen LogP contribution in [0.25, 0.3) is 11.0 Å². The van der Waals surface area contributed by atoms with E-state index < -0.39 is 0 Å². The third-order valence-electron chi connectivity index (χ3n) is 4.66. The van der Waals surface area contributed by atoms with Crippen LogP contribution in [0.4, 0.5) is 0 Å². The molecule has 0 saturated heterocycles. The van der Waals surface area contributed by atoms with E-state index in [0.717, 1.165) is 46.1 Å². The fourth-order valence-electron chi connectivity index (χ4n) is 3.06. The maximum absolute atomic E-state index is 12.9. The number of thioether (sulfide) groups is 1. The molecule has 5 nitrogen and oxygen atoms in total. The number of carbonyl (C=O) groups excluding carboxylic acids is 1. The molecule has 0 bridgehead atoms. The topological polar surface area (TPSA) is 68.0 Å². The average molecular weight is 367 g/mol. The first-order valence-electron chi connectivity index (χ1n) is 8.78. The molecule has 1 saturated carbocycles. The standard InChI is InChI=1S/C20H21N3O2S/c1-11(16-10-14-6-4-5-7-15(14)25-16)22-19(24)17-12(2)21-18(13-8-9-13)23-20(17)26-3/h4-7,10-11,13H,8-9H2,1-3H3,(H,22,24). The number of aryl methyl sites for hydroxylation is 1. The van der Waals surface area contributed by atoms with Crippen molar-refractivity contribution < 1.29 is 9.21 Å². The van der Waals surface area contributed by atoms with Crippen molar-refractivity contribution in [2.75, 3.05) is 6.26 Å². The van der Waals surface area contributed by atoms with Gasteiger partial charge in [-0.05, 0) is 45.1 Å². The summed E-state index contributed by atoms with van der Waals surface area (Å²) >= 11 is 1.49. The number of nitrogens with one attached hydrogen (secondary N) is 1.